The van der Waals surface area contributed by atoms with Crippen molar-refractivity contribution in [3.63, 3.8) is 0 Å². The zero-order chi connectivity index (χ0) is 20.3. The van der Waals surface area contributed by atoms with Gasteiger partial charge in [-0.15, -0.1) is 0 Å². The molecule has 9 heteroatoms. The number of aromatic nitrogens is 3. The molecular weight excluding hydrogens is 370 g/mol. The van der Waals surface area contributed by atoms with Crippen molar-refractivity contribution in [1.82, 2.24) is 19.7 Å². The third kappa shape index (κ3) is 4.36. The largest absolute Gasteiger partial charge is 0.481 e. The molecule has 28 heavy (non-hydrogen) atoms. The maximum Gasteiger partial charge on any atom is 0.276 e. The molecule has 0 aliphatic heterocycles. The second-order valence-electron chi connectivity index (χ2n) is 6.52. The van der Waals surface area contributed by atoms with Crippen LogP contribution in [0.5, 0.6) is 5.75 Å². The van der Waals surface area contributed by atoms with Crippen molar-refractivity contribution >= 4 is 5.91 Å². The van der Waals surface area contributed by atoms with E-state index in [1.165, 1.54) is 18.4 Å². The number of benzene rings is 1. The van der Waals surface area contributed by atoms with Gasteiger partial charge in [0.2, 0.25) is 11.7 Å². The maximum absolute atomic E-state index is 13.6. The summed E-state index contributed by atoms with van der Waals surface area (Å²) in [4.78, 5) is 18.5. The lowest BCUT2D eigenvalue weighted by atomic mass is 10.2. The quantitative estimate of drug-likeness (QED) is 0.619. The van der Waals surface area contributed by atoms with Gasteiger partial charge in [0, 0.05) is 31.4 Å². The number of oxazole rings is 1. The number of carbonyl (C=O) groups is 1. The first kappa shape index (κ1) is 19.5. The van der Waals surface area contributed by atoms with Crippen LogP contribution >= 0.6 is 0 Å². The monoisotopic (exact) mass is 390 g/mol. The van der Waals surface area contributed by atoms with Gasteiger partial charge in [-0.1, -0.05) is 6.07 Å². The highest BCUT2D eigenvalue weighted by Crippen LogP contribution is 2.20. The number of aryl methyl sites for hydroxylation is 1. The average molecular weight is 390 g/mol. The smallest absolute Gasteiger partial charge is 0.276 e. The van der Waals surface area contributed by atoms with E-state index in [1.807, 2.05) is 20.0 Å². The predicted molar refractivity (Wildman–Crippen MR) is 95.4 cm³/mol. The molecule has 0 unspecified atom stereocenters. The van der Waals surface area contributed by atoms with E-state index in [0.29, 0.717) is 6.54 Å². The standard InChI is InChI=1S/C19H20F2N4O3/c1-12(2)25(9-13-7-22-24(3)8-13)19(26)15-10-28-17(23-15)11-27-16-6-4-5-14(20)18(16)21/h4-8,10,12H,9,11H2,1-3H3. The summed E-state index contributed by atoms with van der Waals surface area (Å²) in [6.45, 7) is 3.92. The van der Waals surface area contributed by atoms with Crippen molar-refractivity contribution in [2.24, 2.45) is 7.05 Å². The van der Waals surface area contributed by atoms with Gasteiger partial charge in [-0.2, -0.15) is 9.49 Å². The van der Waals surface area contributed by atoms with Gasteiger partial charge < -0.3 is 14.1 Å². The zero-order valence-electron chi connectivity index (χ0n) is 15.7. The van der Waals surface area contributed by atoms with Gasteiger partial charge in [0.05, 0.1) is 6.20 Å². The third-order valence-electron chi connectivity index (χ3n) is 4.03. The molecule has 0 aliphatic carbocycles. The molecule has 0 N–H and O–H groups in total. The van der Waals surface area contributed by atoms with Crippen LogP contribution in [0.1, 0.15) is 35.8 Å². The summed E-state index contributed by atoms with van der Waals surface area (Å²) in [5.41, 5.74) is 0.995. The number of ether oxygens (including phenoxy) is 1. The Morgan fingerprint density at radius 3 is 2.82 bits per heavy atom. The highest BCUT2D eigenvalue weighted by molar-refractivity contribution is 5.92. The average Bonchev–Trinajstić information content (AvgIpc) is 3.29. The Morgan fingerprint density at radius 1 is 1.36 bits per heavy atom. The molecule has 7 nitrogen and oxygen atoms in total. The molecule has 0 spiro atoms. The van der Waals surface area contributed by atoms with Gasteiger partial charge in [-0.3, -0.25) is 9.48 Å². The van der Waals surface area contributed by atoms with Crippen LogP contribution in [0.25, 0.3) is 0 Å². The fourth-order valence-electron chi connectivity index (χ4n) is 2.60. The van der Waals surface area contributed by atoms with Crippen LogP contribution in [0, 0.1) is 11.6 Å². The van der Waals surface area contributed by atoms with Gasteiger partial charge in [-0.05, 0) is 26.0 Å². The number of hydrogen-bond acceptors (Lipinski definition) is 5. The third-order valence-corrected chi connectivity index (χ3v) is 4.03. The van der Waals surface area contributed by atoms with Gasteiger partial charge in [0.25, 0.3) is 5.91 Å². The van der Waals surface area contributed by atoms with E-state index in [9.17, 15) is 13.6 Å². The van der Waals surface area contributed by atoms with E-state index in [-0.39, 0.29) is 35.9 Å². The minimum absolute atomic E-state index is 0.0782. The summed E-state index contributed by atoms with van der Waals surface area (Å²) in [5.74, 6) is -2.59. The van der Waals surface area contributed by atoms with E-state index in [0.717, 1.165) is 11.6 Å². The van der Waals surface area contributed by atoms with Crippen LogP contribution in [0.4, 0.5) is 8.78 Å². The van der Waals surface area contributed by atoms with Crippen LogP contribution < -0.4 is 4.74 Å². The Kier molecular flexibility index (Phi) is 5.72. The first-order chi connectivity index (χ1) is 13.3. The maximum atomic E-state index is 13.6. The Morgan fingerprint density at radius 2 is 2.14 bits per heavy atom. The van der Waals surface area contributed by atoms with Crippen molar-refractivity contribution < 1.29 is 22.7 Å². The summed E-state index contributed by atoms with van der Waals surface area (Å²) < 4.78 is 38.9. The van der Waals surface area contributed by atoms with Crippen LogP contribution in [-0.4, -0.2) is 31.6 Å². The summed E-state index contributed by atoms with van der Waals surface area (Å²) in [7, 11) is 1.80. The van der Waals surface area contributed by atoms with E-state index in [4.69, 9.17) is 9.15 Å². The van der Waals surface area contributed by atoms with Crippen LogP contribution in [0.2, 0.25) is 0 Å². The number of halogens is 2. The zero-order valence-corrected chi connectivity index (χ0v) is 15.7. The molecule has 0 saturated heterocycles. The molecule has 2 aromatic heterocycles. The Hall–Kier alpha value is -3.23. The summed E-state index contributed by atoms with van der Waals surface area (Å²) in [6.07, 6.45) is 4.75. The molecule has 3 rings (SSSR count). The van der Waals surface area contributed by atoms with Gasteiger partial charge >= 0.3 is 0 Å². The molecule has 1 amide bonds. The lowest BCUT2D eigenvalue weighted by Crippen LogP contribution is -2.36. The Balaban J connectivity index is 1.68. The lowest BCUT2D eigenvalue weighted by Gasteiger charge is -2.25. The van der Waals surface area contributed by atoms with Gasteiger partial charge in [0.15, 0.2) is 23.9 Å². The molecule has 2 heterocycles. The van der Waals surface area contributed by atoms with Crippen molar-refractivity contribution in [3.05, 3.63) is 65.6 Å². The number of hydrogen-bond donors (Lipinski definition) is 0. The van der Waals surface area contributed by atoms with E-state index in [2.05, 4.69) is 10.1 Å². The molecule has 0 aliphatic rings. The van der Waals surface area contributed by atoms with Gasteiger partial charge in [0.1, 0.15) is 6.26 Å². The van der Waals surface area contributed by atoms with Gasteiger partial charge in [-0.25, -0.2) is 9.37 Å². The second-order valence-corrected chi connectivity index (χ2v) is 6.52. The highest BCUT2D eigenvalue weighted by Gasteiger charge is 2.23. The van der Waals surface area contributed by atoms with Crippen molar-refractivity contribution in [1.29, 1.82) is 0 Å². The van der Waals surface area contributed by atoms with Crippen LogP contribution in [0.3, 0.4) is 0 Å². The topological polar surface area (TPSA) is 73.4 Å². The van der Waals surface area contributed by atoms with Crippen molar-refractivity contribution in [2.45, 2.75) is 33.0 Å². The molecule has 148 valence electrons. The lowest BCUT2D eigenvalue weighted by molar-refractivity contribution is 0.0684. The predicted octanol–water partition coefficient (Wildman–Crippen LogP) is 3.32. The summed E-state index contributed by atoms with van der Waals surface area (Å²) in [6, 6.07) is 3.54. The molecule has 3 aromatic rings. The normalized spacial score (nSPS) is 11.1. The van der Waals surface area contributed by atoms with E-state index < -0.39 is 11.6 Å². The fraction of sp³-hybridized carbons (Fsp3) is 0.316. The Labute approximate surface area is 160 Å². The molecule has 0 bridgehead atoms. The molecule has 1 aromatic carbocycles. The highest BCUT2D eigenvalue weighted by atomic mass is 19.2. The molecule has 0 saturated carbocycles. The van der Waals surface area contributed by atoms with Crippen LogP contribution in [-0.2, 0) is 20.2 Å². The van der Waals surface area contributed by atoms with E-state index >= 15 is 0 Å². The number of rotatable bonds is 7. The number of carbonyl (C=O) groups excluding carboxylic acids is 1. The first-order valence-electron chi connectivity index (χ1n) is 8.65. The number of nitrogens with zero attached hydrogens (tertiary/aromatic N) is 4. The minimum Gasteiger partial charge on any atom is -0.481 e. The molecule has 0 radical (unpaired) electrons. The number of amides is 1. The molecule has 0 atom stereocenters. The van der Waals surface area contributed by atoms with E-state index in [1.54, 1.807) is 22.8 Å². The molecular formula is C19H20F2N4O3. The van der Waals surface area contributed by atoms with Crippen molar-refractivity contribution in [2.75, 3.05) is 0 Å². The Bertz CT molecular complexity index is 968. The summed E-state index contributed by atoms with van der Waals surface area (Å²) in [5, 5.41) is 4.10. The fourth-order valence-corrected chi connectivity index (χ4v) is 2.60. The first-order valence-corrected chi connectivity index (χ1v) is 8.65. The van der Waals surface area contributed by atoms with Crippen LogP contribution in [0.15, 0.2) is 41.3 Å². The molecule has 0 fully saturated rings. The van der Waals surface area contributed by atoms with Crippen molar-refractivity contribution in [3.8, 4) is 5.75 Å². The second kappa shape index (κ2) is 8.20. The summed E-state index contributed by atoms with van der Waals surface area (Å²) >= 11 is 0. The SMILES string of the molecule is CC(C)N(Cc1cnn(C)c1)C(=O)c1coc(COc2cccc(F)c2F)n1. The minimum atomic E-state index is -1.09.